The smallest absolute Gasteiger partial charge is 0.353 e. The Balaban J connectivity index is 1.78. The van der Waals surface area contributed by atoms with Crippen LogP contribution < -0.4 is 26.4 Å². The Morgan fingerprint density at radius 3 is 2.61 bits per heavy atom. The maximum atomic E-state index is 13.2. The third-order valence-electron chi connectivity index (χ3n) is 5.76. The van der Waals surface area contributed by atoms with Gasteiger partial charge < -0.3 is 25.1 Å². The first-order chi connectivity index (χ1) is 15.7. The standard InChI is InChI=1S/C23H30N4O6/c1-14(28)25-9-8-16-13-27(19-6-5-17(32-3)11-18(16)19)33-22(31)23(2,26-24)12-15-4-7-20(29)21(30)10-15/h4-7,10-11,16,26,29-30H,8-9,12-13,24H2,1-3H3,(H,25,28). The van der Waals surface area contributed by atoms with Gasteiger partial charge in [0.05, 0.1) is 19.3 Å². The second-order valence-corrected chi connectivity index (χ2v) is 8.31. The predicted molar refractivity (Wildman–Crippen MR) is 122 cm³/mol. The number of amides is 1. The van der Waals surface area contributed by atoms with E-state index in [0.29, 0.717) is 30.8 Å². The molecule has 0 bridgehead atoms. The van der Waals surface area contributed by atoms with Gasteiger partial charge in [-0.25, -0.2) is 15.3 Å². The summed E-state index contributed by atoms with van der Waals surface area (Å²) in [5.41, 5.74) is 3.50. The number of hydrogen-bond acceptors (Lipinski definition) is 9. The Morgan fingerprint density at radius 2 is 1.97 bits per heavy atom. The van der Waals surface area contributed by atoms with Crippen LogP contribution in [0, 0.1) is 0 Å². The van der Waals surface area contributed by atoms with Gasteiger partial charge in [0.1, 0.15) is 11.3 Å². The third kappa shape index (κ3) is 5.47. The molecule has 0 fully saturated rings. The molecule has 10 heteroatoms. The molecule has 0 spiro atoms. The molecule has 0 aromatic heterocycles. The van der Waals surface area contributed by atoms with Crippen LogP contribution in [0.2, 0.25) is 0 Å². The monoisotopic (exact) mass is 458 g/mol. The molecule has 1 heterocycles. The van der Waals surface area contributed by atoms with E-state index in [0.717, 1.165) is 11.3 Å². The summed E-state index contributed by atoms with van der Waals surface area (Å²) in [6, 6.07) is 9.82. The van der Waals surface area contributed by atoms with Crippen molar-refractivity contribution in [2.24, 2.45) is 5.84 Å². The number of aromatic hydroxyl groups is 2. The van der Waals surface area contributed by atoms with Crippen molar-refractivity contribution in [3.05, 3.63) is 47.5 Å². The highest BCUT2D eigenvalue weighted by molar-refractivity contribution is 5.82. The van der Waals surface area contributed by atoms with Crippen LogP contribution in [-0.4, -0.2) is 47.8 Å². The predicted octanol–water partition coefficient (Wildman–Crippen LogP) is 1.46. The van der Waals surface area contributed by atoms with E-state index in [1.165, 1.54) is 24.1 Å². The van der Waals surface area contributed by atoms with Crippen molar-refractivity contribution in [2.75, 3.05) is 25.3 Å². The zero-order valence-electron chi connectivity index (χ0n) is 18.9. The zero-order chi connectivity index (χ0) is 24.2. The minimum Gasteiger partial charge on any atom is -0.504 e. The van der Waals surface area contributed by atoms with E-state index >= 15 is 0 Å². The molecule has 0 radical (unpaired) electrons. The van der Waals surface area contributed by atoms with Crippen molar-refractivity contribution in [3.63, 3.8) is 0 Å². The van der Waals surface area contributed by atoms with E-state index < -0.39 is 11.5 Å². The van der Waals surface area contributed by atoms with Crippen molar-refractivity contribution >= 4 is 17.6 Å². The minimum absolute atomic E-state index is 0.0147. The number of nitrogens with two attached hydrogens (primary N) is 1. The SMILES string of the molecule is COc1ccc2c(c1)C(CCNC(C)=O)CN2OC(=O)C(C)(Cc1ccc(O)c(O)c1)NN. The van der Waals surface area contributed by atoms with Gasteiger partial charge >= 0.3 is 5.97 Å². The van der Waals surface area contributed by atoms with Gasteiger partial charge in [0.25, 0.3) is 0 Å². The van der Waals surface area contributed by atoms with Crippen molar-refractivity contribution in [2.45, 2.75) is 38.1 Å². The summed E-state index contributed by atoms with van der Waals surface area (Å²) in [7, 11) is 1.58. The number of phenols is 2. The lowest BCUT2D eigenvalue weighted by Gasteiger charge is -2.29. The number of hydrogen-bond donors (Lipinski definition) is 5. The molecule has 0 aliphatic carbocycles. The fraction of sp³-hybridized carbons (Fsp3) is 0.391. The average Bonchev–Trinajstić information content (AvgIpc) is 3.12. The van der Waals surface area contributed by atoms with E-state index in [-0.39, 0.29) is 29.7 Å². The number of hydrazine groups is 1. The molecule has 0 saturated carbocycles. The van der Waals surface area contributed by atoms with Crippen LogP contribution in [0.3, 0.4) is 0 Å². The molecular formula is C23H30N4O6. The first-order valence-corrected chi connectivity index (χ1v) is 10.6. The number of anilines is 1. The third-order valence-corrected chi connectivity index (χ3v) is 5.76. The van der Waals surface area contributed by atoms with Gasteiger partial charge in [0.15, 0.2) is 11.5 Å². The molecule has 2 atom stereocenters. The lowest BCUT2D eigenvalue weighted by Crippen LogP contribution is -2.56. The van der Waals surface area contributed by atoms with Crippen LogP contribution >= 0.6 is 0 Å². The van der Waals surface area contributed by atoms with Crippen LogP contribution in [0.15, 0.2) is 36.4 Å². The Kier molecular flexibility index (Phi) is 7.29. The topological polar surface area (TPSA) is 146 Å². The van der Waals surface area contributed by atoms with Crippen LogP contribution in [0.5, 0.6) is 17.2 Å². The number of hydroxylamine groups is 1. The fourth-order valence-electron chi connectivity index (χ4n) is 3.84. The molecular weight excluding hydrogens is 428 g/mol. The summed E-state index contributed by atoms with van der Waals surface area (Å²) in [6.45, 7) is 3.96. The van der Waals surface area contributed by atoms with Crippen LogP contribution in [0.4, 0.5) is 5.69 Å². The van der Waals surface area contributed by atoms with Gasteiger partial charge in [-0.1, -0.05) is 6.07 Å². The summed E-state index contributed by atoms with van der Waals surface area (Å²) >= 11 is 0. The van der Waals surface area contributed by atoms with Gasteiger partial charge in [-0.2, -0.15) is 0 Å². The van der Waals surface area contributed by atoms with Crippen LogP contribution in [0.25, 0.3) is 0 Å². The largest absolute Gasteiger partial charge is 0.504 e. The van der Waals surface area contributed by atoms with Gasteiger partial charge in [0, 0.05) is 25.8 Å². The van der Waals surface area contributed by atoms with Crippen LogP contribution in [-0.2, 0) is 20.8 Å². The quantitative estimate of drug-likeness (QED) is 0.214. The molecule has 6 N–H and O–H groups in total. The maximum absolute atomic E-state index is 13.2. The molecule has 1 amide bonds. The lowest BCUT2D eigenvalue weighted by atomic mass is 9.93. The highest BCUT2D eigenvalue weighted by Gasteiger charge is 2.39. The van der Waals surface area contributed by atoms with E-state index in [1.54, 1.807) is 26.2 Å². The fourth-order valence-corrected chi connectivity index (χ4v) is 3.84. The zero-order valence-corrected chi connectivity index (χ0v) is 18.9. The van der Waals surface area contributed by atoms with Gasteiger partial charge in [-0.05, 0) is 54.8 Å². The second-order valence-electron chi connectivity index (χ2n) is 8.31. The summed E-state index contributed by atoms with van der Waals surface area (Å²) in [6.07, 6.45) is 0.776. The number of methoxy groups -OCH3 is 1. The molecule has 1 aliphatic heterocycles. The average molecular weight is 459 g/mol. The first-order valence-electron chi connectivity index (χ1n) is 10.6. The Bertz CT molecular complexity index is 1030. The van der Waals surface area contributed by atoms with Crippen molar-refractivity contribution in [1.82, 2.24) is 10.7 Å². The van der Waals surface area contributed by atoms with Gasteiger partial charge in [-0.15, -0.1) is 0 Å². The molecule has 33 heavy (non-hydrogen) atoms. The Hall–Kier alpha value is -3.50. The van der Waals surface area contributed by atoms with E-state index in [2.05, 4.69) is 10.7 Å². The maximum Gasteiger partial charge on any atom is 0.353 e. The second kappa shape index (κ2) is 9.97. The summed E-state index contributed by atoms with van der Waals surface area (Å²) in [4.78, 5) is 30.2. The lowest BCUT2D eigenvalue weighted by molar-refractivity contribution is -0.152. The molecule has 2 unspecified atom stereocenters. The van der Waals surface area contributed by atoms with E-state index in [1.807, 2.05) is 12.1 Å². The minimum atomic E-state index is -1.30. The number of ether oxygens (including phenoxy) is 1. The number of nitrogens with zero attached hydrogens (tertiary/aromatic N) is 1. The number of phenolic OH excluding ortho intramolecular Hbond substituents is 2. The van der Waals surface area contributed by atoms with Gasteiger partial charge in [0.2, 0.25) is 5.91 Å². The highest BCUT2D eigenvalue weighted by atomic mass is 16.7. The molecule has 2 aromatic rings. The Labute approximate surface area is 192 Å². The highest BCUT2D eigenvalue weighted by Crippen LogP contribution is 2.40. The van der Waals surface area contributed by atoms with Crippen molar-refractivity contribution in [1.29, 1.82) is 0 Å². The first kappa shape index (κ1) is 24.1. The number of carbonyl (C=O) groups excluding carboxylic acids is 2. The molecule has 1 aliphatic rings. The molecule has 3 rings (SSSR count). The molecule has 10 nitrogen and oxygen atoms in total. The number of rotatable bonds is 9. The van der Waals surface area contributed by atoms with Crippen molar-refractivity contribution in [3.8, 4) is 17.2 Å². The van der Waals surface area contributed by atoms with Crippen LogP contribution in [0.1, 0.15) is 37.3 Å². The number of nitrogens with one attached hydrogen (secondary N) is 2. The normalized spacial score (nSPS) is 16.6. The van der Waals surface area contributed by atoms with Gasteiger partial charge in [-0.3, -0.25) is 10.6 Å². The van der Waals surface area contributed by atoms with E-state index in [9.17, 15) is 19.8 Å². The summed E-state index contributed by atoms with van der Waals surface area (Å²) in [5.74, 6) is 5.16. The molecule has 2 aromatic carbocycles. The summed E-state index contributed by atoms with van der Waals surface area (Å²) in [5, 5.41) is 23.6. The molecule has 0 saturated heterocycles. The number of fused-ring (bicyclic) bond motifs is 1. The number of carbonyl (C=O) groups is 2. The Morgan fingerprint density at radius 1 is 1.21 bits per heavy atom. The van der Waals surface area contributed by atoms with Crippen molar-refractivity contribution < 1.29 is 29.4 Å². The molecule has 178 valence electrons. The summed E-state index contributed by atoms with van der Waals surface area (Å²) < 4.78 is 5.34. The van der Waals surface area contributed by atoms with E-state index in [4.69, 9.17) is 15.4 Å². The number of benzene rings is 2.